The highest BCUT2D eigenvalue weighted by Gasteiger charge is 2.14. The molecule has 4 heteroatoms. The molecule has 0 spiro atoms. The van der Waals surface area contributed by atoms with Crippen molar-refractivity contribution < 1.29 is 13.9 Å². The van der Waals surface area contributed by atoms with E-state index in [2.05, 4.69) is 0 Å². The zero-order valence-corrected chi connectivity index (χ0v) is 10.1. The first-order chi connectivity index (χ1) is 8.84. The van der Waals surface area contributed by atoms with Gasteiger partial charge in [-0.25, -0.2) is 4.39 Å². The van der Waals surface area contributed by atoms with E-state index in [0.29, 0.717) is 5.39 Å². The molecule has 1 aromatic carbocycles. The summed E-state index contributed by atoms with van der Waals surface area (Å²) in [6, 6.07) is 6.97. The van der Waals surface area contributed by atoms with Crippen molar-refractivity contribution in [3.63, 3.8) is 0 Å². The minimum Gasteiger partial charge on any atom is -0.353 e. The van der Waals surface area contributed by atoms with Gasteiger partial charge in [0.1, 0.15) is 5.82 Å². The van der Waals surface area contributed by atoms with E-state index >= 15 is 0 Å². The first-order valence-electron chi connectivity index (χ1n) is 6.31. The lowest BCUT2D eigenvalue weighted by atomic mass is 10.2. The standard InChI is InChI=1S/C14H16FNO2/c15-12-3-1-4-13-11(12)5-7-16(13)8-6-14-17-9-2-10-18-14/h1,3-5,7,14H,2,6,8-10H2. The maximum Gasteiger partial charge on any atom is 0.159 e. The number of ether oxygens (including phenoxy) is 2. The topological polar surface area (TPSA) is 23.4 Å². The quantitative estimate of drug-likeness (QED) is 0.835. The van der Waals surface area contributed by atoms with Gasteiger partial charge in [0.25, 0.3) is 0 Å². The molecule has 18 heavy (non-hydrogen) atoms. The number of hydrogen-bond acceptors (Lipinski definition) is 2. The van der Waals surface area contributed by atoms with E-state index in [-0.39, 0.29) is 12.1 Å². The Balaban J connectivity index is 1.72. The second kappa shape index (κ2) is 5.08. The summed E-state index contributed by atoms with van der Waals surface area (Å²) in [5, 5.41) is 0.669. The Morgan fingerprint density at radius 2 is 2.06 bits per heavy atom. The van der Waals surface area contributed by atoms with E-state index in [0.717, 1.165) is 38.1 Å². The third-order valence-corrected chi connectivity index (χ3v) is 3.26. The van der Waals surface area contributed by atoms with E-state index in [1.165, 1.54) is 6.07 Å². The normalized spacial score (nSPS) is 17.4. The fourth-order valence-electron chi connectivity index (χ4n) is 2.33. The maximum absolute atomic E-state index is 13.5. The average molecular weight is 249 g/mol. The molecule has 1 aromatic heterocycles. The number of halogens is 1. The lowest BCUT2D eigenvalue weighted by Gasteiger charge is -2.23. The molecular formula is C14H16FNO2. The van der Waals surface area contributed by atoms with Crippen LogP contribution in [0.4, 0.5) is 4.39 Å². The number of rotatable bonds is 3. The Morgan fingerprint density at radius 1 is 1.22 bits per heavy atom. The zero-order valence-electron chi connectivity index (χ0n) is 10.1. The molecule has 0 radical (unpaired) electrons. The summed E-state index contributed by atoms with van der Waals surface area (Å²) in [6.07, 6.45) is 3.55. The van der Waals surface area contributed by atoms with Crippen LogP contribution in [0.1, 0.15) is 12.8 Å². The first kappa shape index (κ1) is 11.7. The minimum absolute atomic E-state index is 0.121. The van der Waals surface area contributed by atoms with Gasteiger partial charge < -0.3 is 14.0 Å². The Hall–Kier alpha value is -1.39. The van der Waals surface area contributed by atoms with Crippen LogP contribution in [-0.2, 0) is 16.0 Å². The highest BCUT2D eigenvalue weighted by atomic mass is 19.1. The van der Waals surface area contributed by atoms with Gasteiger partial charge in [-0.3, -0.25) is 0 Å². The van der Waals surface area contributed by atoms with Crippen LogP contribution in [0.5, 0.6) is 0 Å². The van der Waals surface area contributed by atoms with Crippen LogP contribution >= 0.6 is 0 Å². The molecule has 1 aliphatic rings. The number of aromatic nitrogens is 1. The molecule has 1 aliphatic heterocycles. The number of fused-ring (bicyclic) bond motifs is 1. The van der Waals surface area contributed by atoms with E-state index in [1.807, 2.05) is 22.9 Å². The van der Waals surface area contributed by atoms with Crippen molar-refractivity contribution in [3.05, 3.63) is 36.3 Å². The van der Waals surface area contributed by atoms with Gasteiger partial charge in [0.2, 0.25) is 0 Å². The molecule has 1 fully saturated rings. The van der Waals surface area contributed by atoms with E-state index < -0.39 is 0 Å². The van der Waals surface area contributed by atoms with Crippen molar-refractivity contribution >= 4 is 10.9 Å². The summed E-state index contributed by atoms with van der Waals surface area (Å²) in [5.41, 5.74) is 0.922. The lowest BCUT2D eigenvalue weighted by Crippen LogP contribution is -2.25. The predicted molar refractivity (Wildman–Crippen MR) is 66.8 cm³/mol. The van der Waals surface area contributed by atoms with E-state index in [1.54, 1.807) is 6.07 Å². The molecule has 0 aliphatic carbocycles. The van der Waals surface area contributed by atoms with Crippen molar-refractivity contribution in [3.8, 4) is 0 Å². The molecule has 0 bridgehead atoms. The van der Waals surface area contributed by atoms with Gasteiger partial charge in [0, 0.05) is 24.5 Å². The van der Waals surface area contributed by atoms with Gasteiger partial charge in [0.15, 0.2) is 6.29 Å². The average Bonchev–Trinajstić information content (AvgIpc) is 2.82. The van der Waals surface area contributed by atoms with Gasteiger partial charge in [-0.1, -0.05) is 6.07 Å². The van der Waals surface area contributed by atoms with Crippen LogP contribution in [0, 0.1) is 5.82 Å². The number of nitrogens with zero attached hydrogens (tertiary/aromatic N) is 1. The number of aryl methyl sites for hydroxylation is 1. The Labute approximate surface area is 105 Å². The summed E-state index contributed by atoms with van der Waals surface area (Å²) >= 11 is 0. The molecule has 3 rings (SSSR count). The molecule has 1 saturated heterocycles. The Bertz CT molecular complexity index is 532. The molecule has 0 atom stereocenters. The largest absolute Gasteiger partial charge is 0.353 e. The van der Waals surface area contributed by atoms with Crippen LogP contribution in [0.25, 0.3) is 10.9 Å². The highest BCUT2D eigenvalue weighted by Crippen LogP contribution is 2.20. The molecule has 2 aromatic rings. The molecule has 3 nitrogen and oxygen atoms in total. The fraction of sp³-hybridized carbons (Fsp3) is 0.429. The molecular weight excluding hydrogens is 233 g/mol. The van der Waals surface area contributed by atoms with E-state index in [9.17, 15) is 4.39 Å². The molecule has 0 unspecified atom stereocenters. The summed E-state index contributed by atoms with van der Waals surface area (Å²) < 4.78 is 26.6. The molecule has 2 heterocycles. The fourth-order valence-corrected chi connectivity index (χ4v) is 2.33. The molecule has 0 N–H and O–H groups in total. The van der Waals surface area contributed by atoms with Crippen LogP contribution in [0.15, 0.2) is 30.5 Å². The zero-order chi connectivity index (χ0) is 12.4. The SMILES string of the molecule is Fc1cccc2c1ccn2CCC1OCCCO1. The lowest BCUT2D eigenvalue weighted by molar-refractivity contribution is -0.182. The second-order valence-electron chi connectivity index (χ2n) is 4.50. The molecule has 0 saturated carbocycles. The first-order valence-corrected chi connectivity index (χ1v) is 6.31. The van der Waals surface area contributed by atoms with Crippen molar-refractivity contribution in [2.45, 2.75) is 25.7 Å². The Kier molecular flexibility index (Phi) is 3.30. The third-order valence-electron chi connectivity index (χ3n) is 3.26. The predicted octanol–water partition coefficient (Wildman–Crippen LogP) is 2.93. The second-order valence-corrected chi connectivity index (χ2v) is 4.50. The monoisotopic (exact) mass is 249 g/mol. The van der Waals surface area contributed by atoms with Crippen molar-refractivity contribution in [1.29, 1.82) is 0 Å². The summed E-state index contributed by atoms with van der Waals surface area (Å²) in [6.45, 7) is 2.31. The van der Waals surface area contributed by atoms with Gasteiger partial charge >= 0.3 is 0 Å². The maximum atomic E-state index is 13.5. The van der Waals surface area contributed by atoms with Crippen molar-refractivity contribution in [2.75, 3.05) is 13.2 Å². The third kappa shape index (κ3) is 2.26. The van der Waals surface area contributed by atoms with Gasteiger partial charge in [0.05, 0.1) is 18.7 Å². The van der Waals surface area contributed by atoms with Crippen LogP contribution in [0.3, 0.4) is 0 Å². The highest BCUT2D eigenvalue weighted by molar-refractivity contribution is 5.80. The van der Waals surface area contributed by atoms with Gasteiger partial charge in [-0.05, 0) is 24.6 Å². The number of hydrogen-bond donors (Lipinski definition) is 0. The van der Waals surface area contributed by atoms with Crippen LogP contribution < -0.4 is 0 Å². The summed E-state index contributed by atoms with van der Waals surface area (Å²) in [5.74, 6) is -0.170. The summed E-state index contributed by atoms with van der Waals surface area (Å²) in [7, 11) is 0. The Morgan fingerprint density at radius 3 is 2.89 bits per heavy atom. The van der Waals surface area contributed by atoms with Crippen molar-refractivity contribution in [1.82, 2.24) is 4.57 Å². The van der Waals surface area contributed by atoms with Crippen molar-refractivity contribution in [2.24, 2.45) is 0 Å². The van der Waals surface area contributed by atoms with E-state index in [4.69, 9.17) is 9.47 Å². The minimum atomic E-state index is -0.170. The van der Waals surface area contributed by atoms with Gasteiger partial charge in [-0.15, -0.1) is 0 Å². The van der Waals surface area contributed by atoms with Gasteiger partial charge in [-0.2, -0.15) is 0 Å². The molecule has 0 amide bonds. The molecule has 96 valence electrons. The van der Waals surface area contributed by atoms with Crippen LogP contribution in [0.2, 0.25) is 0 Å². The van der Waals surface area contributed by atoms with Crippen LogP contribution in [-0.4, -0.2) is 24.1 Å². The number of benzene rings is 1. The summed E-state index contributed by atoms with van der Waals surface area (Å²) in [4.78, 5) is 0. The smallest absolute Gasteiger partial charge is 0.159 e.